The smallest absolute Gasteiger partial charge is 0.308 e. The van der Waals surface area contributed by atoms with E-state index in [-0.39, 0.29) is 59.4 Å². The van der Waals surface area contributed by atoms with Crippen LogP contribution in [0, 0.1) is 0 Å². The van der Waals surface area contributed by atoms with Crippen LogP contribution in [0.15, 0.2) is 53.1 Å². The summed E-state index contributed by atoms with van der Waals surface area (Å²) in [6.07, 6.45) is 7.10. The molecule has 0 radical (unpaired) electrons. The van der Waals surface area contributed by atoms with Crippen LogP contribution < -0.4 is 23.7 Å². The molecule has 0 spiro atoms. The highest BCUT2D eigenvalue weighted by molar-refractivity contribution is 6.04. The highest BCUT2D eigenvalue weighted by Gasteiger charge is 2.36. The van der Waals surface area contributed by atoms with Gasteiger partial charge in [-0.05, 0) is 66.4 Å². The predicted octanol–water partition coefficient (Wildman–Crippen LogP) is 7.84. The number of ketones is 1. The van der Waals surface area contributed by atoms with Crippen molar-refractivity contribution in [1.82, 2.24) is 0 Å². The fourth-order valence-electron chi connectivity index (χ4n) is 5.24. The van der Waals surface area contributed by atoms with Crippen LogP contribution in [-0.4, -0.2) is 29.7 Å². The number of Topliss-reactive ketones (excluding diaryl/α,β-unsaturated/α-hetero) is 1. The van der Waals surface area contributed by atoms with Gasteiger partial charge in [0.15, 0.2) is 23.0 Å². The Morgan fingerprint density at radius 2 is 1.27 bits per heavy atom. The van der Waals surface area contributed by atoms with Crippen molar-refractivity contribution in [2.75, 3.05) is 0 Å². The summed E-state index contributed by atoms with van der Waals surface area (Å²) in [4.78, 5) is 62.6. The number of fused-ring (bicyclic) bond motifs is 1. The van der Waals surface area contributed by atoms with E-state index in [4.69, 9.17) is 23.7 Å². The number of esters is 4. The molecule has 1 heterocycles. The summed E-state index contributed by atoms with van der Waals surface area (Å²) in [6.45, 7) is 14.8. The first-order valence-electron chi connectivity index (χ1n) is 15.8. The van der Waals surface area contributed by atoms with Gasteiger partial charge in [0.2, 0.25) is 0 Å². The van der Waals surface area contributed by atoms with Gasteiger partial charge in [-0.3, -0.25) is 24.0 Å². The molecule has 0 aromatic heterocycles. The summed E-state index contributed by atoms with van der Waals surface area (Å²) in [5.74, 6) is -2.66. The molecule has 3 rings (SSSR count). The Bertz CT molecular complexity index is 1700. The van der Waals surface area contributed by atoms with Crippen molar-refractivity contribution >= 4 is 29.7 Å². The molecule has 0 saturated carbocycles. The van der Waals surface area contributed by atoms with Crippen LogP contribution in [0.2, 0.25) is 0 Å². The first kappa shape index (κ1) is 37.5. The molecule has 0 unspecified atom stereocenters. The van der Waals surface area contributed by atoms with Gasteiger partial charge in [0.05, 0.1) is 6.42 Å². The van der Waals surface area contributed by atoms with E-state index in [0.717, 1.165) is 24.0 Å². The van der Waals surface area contributed by atoms with Gasteiger partial charge in [-0.1, -0.05) is 41.0 Å². The fourth-order valence-corrected chi connectivity index (χ4v) is 5.24. The highest BCUT2D eigenvalue weighted by Crippen LogP contribution is 2.48. The summed E-state index contributed by atoms with van der Waals surface area (Å²) >= 11 is 0. The monoisotopic (exact) mass is 660 g/mol. The molecular formula is C38H44O10. The molecule has 0 amide bonds. The maximum atomic E-state index is 14.0. The van der Waals surface area contributed by atoms with E-state index < -0.39 is 30.0 Å². The molecule has 2 aromatic carbocycles. The zero-order valence-electron chi connectivity index (χ0n) is 29.2. The molecule has 1 atom stereocenters. The molecule has 1 aliphatic rings. The third-order valence-corrected chi connectivity index (χ3v) is 7.29. The van der Waals surface area contributed by atoms with E-state index in [1.165, 1.54) is 45.4 Å². The Hall–Kier alpha value is -4.99. The molecule has 48 heavy (non-hydrogen) atoms. The van der Waals surface area contributed by atoms with Gasteiger partial charge in [0, 0.05) is 50.5 Å². The zero-order valence-corrected chi connectivity index (χ0v) is 29.2. The minimum absolute atomic E-state index is 0.0295. The van der Waals surface area contributed by atoms with Gasteiger partial charge in [-0.2, -0.15) is 0 Å². The number of hydrogen-bond donors (Lipinski definition) is 0. The van der Waals surface area contributed by atoms with Crippen LogP contribution in [0.5, 0.6) is 28.7 Å². The van der Waals surface area contributed by atoms with Crippen molar-refractivity contribution in [3.8, 4) is 28.7 Å². The number of benzene rings is 2. The van der Waals surface area contributed by atoms with E-state index in [1.807, 2.05) is 46.8 Å². The quantitative estimate of drug-likeness (QED) is 0.126. The molecule has 2 aromatic rings. The molecule has 0 bridgehead atoms. The second-order valence-corrected chi connectivity index (χ2v) is 12.2. The van der Waals surface area contributed by atoms with Crippen molar-refractivity contribution < 1.29 is 47.7 Å². The molecule has 256 valence electrons. The van der Waals surface area contributed by atoms with Gasteiger partial charge in [-0.15, -0.1) is 0 Å². The number of rotatable bonds is 12. The summed E-state index contributed by atoms with van der Waals surface area (Å²) in [7, 11) is 0. The van der Waals surface area contributed by atoms with E-state index in [0.29, 0.717) is 16.7 Å². The summed E-state index contributed by atoms with van der Waals surface area (Å²) in [6, 6.07) is 4.61. The van der Waals surface area contributed by atoms with E-state index >= 15 is 0 Å². The fraction of sp³-hybridized carbons (Fsp3) is 0.395. The lowest BCUT2D eigenvalue weighted by Gasteiger charge is -2.30. The van der Waals surface area contributed by atoms with Crippen LogP contribution in [0.25, 0.3) is 0 Å². The van der Waals surface area contributed by atoms with E-state index in [9.17, 15) is 24.0 Å². The van der Waals surface area contributed by atoms with Gasteiger partial charge < -0.3 is 23.7 Å². The first-order chi connectivity index (χ1) is 22.6. The van der Waals surface area contributed by atoms with Crippen molar-refractivity contribution in [2.24, 2.45) is 0 Å². The normalized spacial score (nSPS) is 13.8. The number of allylic oxidation sites excluding steroid dienone is 6. The lowest BCUT2D eigenvalue weighted by molar-refractivity contribution is -0.134. The van der Waals surface area contributed by atoms with Crippen LogP contribution in [-0.2, 0) is 32.0 Å². The number of carbonyl (C=O) groups excluding carboxylic acids is 5. The Labute approximate surface area is 281 Å². The third-order valence-electron chi connectivity index (χ3n) is 7.29. The topological polar surface area (TPSA) is 132 Å². The summed E-state index contributed by atoms with van der Waals surface area (Å²) < 4.78 is 28.6. The van der Waals surface area contributed by atoms with Gasteiger partial charge in [-0.25, -0.2) is 0 Å². The van der Waals surface area contributed by atoms with Crippen LogP contribution in [0.3, 0.4) is 0 Å². The van der Waals surface area contributed by atoms with Gasteiger partial charge in [0.1, 0.15) is 23.2 Å². The number of carbonyl (C=O) groups is 5. The second-order valence-electron chi connectivity index (χ2n) is 12.2. The Morgan fingerprint density at radius 1 is 0.708 bits per heavy atom. The molecular weight excluding hydrogens is 616 g/mol. The van der Waals surface area contributed by atoms with Gasteiger partial charge in [0.25, 0.3) is 0 Å². The molecule has 10 heteroatoms. The van der Waals surface area contributed by atoms with E-state index in [2.05, 4.69) is 6.08 Å². The minimum atomic E-state index is -0.890. The van der Waals surface area contributed by atoms with Crippen molar-refractivity contribution in [2.45, 2.75) is 101 Å². The van der Waals surface area contributed by atoms with Crippen molar-refractivity contribution in [3.05, 3.63) is 75.4 Å². The van der Waals surface area contributed by atoms with Crippen molar-refractivity contribution in [3.63, 3.8) is 0 Å². The lowest BCUT2D eigenvalue weighted by Crippen LogP contribution is -2.24. The van der Waals surface area contributed by atoms with Gasteiger partial charge >= 0.3 is 23.9 Å². The van der Waals surface area contributed by atoms with Crippen molar-refractivity contribution in [1.29, 1.82) is 0 Å². The summed E-state index contributed by atoms with van der Waals surface area (Å²) in [5.41, 5.74) is 4.69. The van der Waals surface area contributed by atoms with Crippen LogP contribution >= 0.6 is 0 Å². The number of ether oxygens (including phenoxy) is 5. The van der Waals surface area contributed by atoms with Crippen LogP contribution in [0.4, 0.5) is 0 Å². The molecule has 0 saturated heterocycles. The molecule has 10 nitrogen and oxygen atoms in total. The Kier molecular flexibility index (Phi) is 13.0. The average Bonchev–Trinajstić information content (AvgIpc) is 2.95. The molecule has 1 aliphatic heterocycles. The average molecular weight is 661 g/mol. The molecule has 0 N–H and O–H groups in total. The Balaban J connectivity index is 2.24. The lowest BCUT2D eigenvalue weighted by atomic mass is 9.89. The second kappa shape index (κ2) is 16.7. The SMILES string of the molecule is CC(=O)Oc1cc2c(c(OC(C)=O)c1CC=C(C)C)C(=O)C[C@@H](c1ccc(OC(C)=O)c(OC(C)=O)c1C/C=C(\C)CCC=C(C)C)O2. The largest absolute Gasteiger partial charge is 0.484 e. The number of hydrogen-bond acceptors (Lipinski definition) is 10. The first-order valence-corrected chi connectivity index (χ1v) is 15.8. The zero-order chi connectivity index (χ0) is 35.7. The third kappa shape index (κ3) is 10.3. The highest BCUT2D eigenvalue weighted by atomic mass is 16.6. The maximum Gasteiger partial charge on any atom is 0.308 e. The molecule has 0 aliphatic carbocycles. The minimum Gasteiger partial charge on any atom is -0.484 e. The van der Waals surface area contributed by atoms with Crippen LogP contribution in [0.1, 0.15) is 115 Å². The van der Waals surface area contributed by atoms with E-state index in [1.54, 1.807) is 6.07 Å². The summed E-state index contributed by atoms with van der Waals surface area (Å²) in [5, 5.41) is 0. The maximum absolute atomic E-state index is 14.0. The standard InChI is InChI=1S/C38H44O10/c1-21(2)11-10-12-23(5)14-16-29-28(17-18-32(44-24(6)39)37(29)46-26(8)41)33-19-31(43)36-35(48-33)20-34(45-25(7)40)30(15-13-22(3)4)38(36)47-27(9)42/h11,13-14,17-18,20,33H,10,12,15-16,19H2,1-9H3/b23-14+/t33-/m0/s1. The molecule has 0 fully saturated rings. The Morgan fingerprint density at radius 3 is 1.85 bits per heavy atom. The predicted molar refractivity (Wildman–Crippen MR) is 180 cm³/mol.